The second kappa shape index (κ2) is 7.20. The molecule has 0 bridgehead atoms. The van der Waals surface area contributed by atoms with E-state index in [1.54, 1.807) is 7.11 Å². The topological polar surface area (TPSA) is 99.5 Å². The van der Waals surface area contributed by atoms with E-state index in [9.17, 15) is 19.6 Å². The van der Waals surface area contributed by atoms with Gasteiger partial charge in [0.05, 0.1) is 13.7 Å². The molecule has 2 amide bonds. The SMILES string of the molecule is CNC(=O)C(CCC=O)N1Cc2c(cc3c(c2OC)CB(C#N)C3)C1=O. The van der Waals surface area contributed by atoms with Gasteiger partial charge in [-0.1, -0.05) is 0 Å². The minimum Gasteiger partial charge on any atom is -0.496 e. The Balaban J connectivity index is 1.98. The molecule has 0 aliphatic carbocycles. The third kappa shape index (κ3) is 2.83. The number of nitrogens with one attached hydrogen (secondary N) is 1. The number of benzene rings is 1. The molecule has 1 aromatic rings. The maximum absolute atomic E-state index is 13.0. The Morgan fingerprint density at radius 3 is 2.88 bits per heavy atom. The fraction of sp³-hybridized carbons (Fsp3) is 0.444. The lowest BCUT2D eigenvalue weighted by Crippen LogP contribution is -2.46. The maximum atomic E-state index is 13.0. The highest BCUT2D eigenvalue weighted by Crippen LogP contribution is 2.40. The summed E-state index contributed by atoms with van der Waals surface area (Å²) in [5.74, 6) is 2.41. The smallest absolute Gasteiger partial charge is 0.276 e. The number of methoxy groups -OCH3 is 1. The van der Waals surface area contributed by atoms with Crippen LogP contribution in [-0.4, -0.2) is 49.9 Å². The van der Waals surface area contributed by atoms with E-state index in [0.29, 0.717) is 24.0 Å². The Hall–Kier alpha value is -2.82. The van der Waals surface area contributed by atoms with Gasteiger partial charge in [-0.3, -0.25) is 9.59 Å². The number of carbonyl (C=O) groups excluding carboxylic acids is 3. The van der Waals surface area contributed by atoms with Crippen molar-refractivity contribution in [1.29, 1.82) is 5.26 Å². The average Bonchev–Trinajstić information content (AvgIpc) is 3.21. The van der Waals surface area contributed by atoms with E-state index in [4.69, 9.17) is 4.74 Å². The number of nitrogens with zero attached hydrogens (tertiary/aromatic N) is 2. The second-order valence-corrected chi connectivity index (χ2v) is 6.61. The van der Waals surface area contributed by atoms with E-state index in [1.165, 1.54) is 11.9 Å². The quantitative estimate of drug-likeness (QED) is 0.592. The fourth-order valence-corrected chi connectivity index (χ4v) is 3.94. The van der Waals surface area contributed by atoms with Gasteiger partial charge in [0.1, 0.15) is 18.1 Å². The van der Waals surface area contributed by atoms with Crippen molar-refractivity contribution in [3.8, 4) is 11.7 Å². The number of hydrogen-bond acceptors (Lipinski definition) is 5. The van der Waals surface area contributed by atoms with Crippen LogP contribution >= 0.6 is 0 Å². The maximum Gasteiger partial charge on any atom is 0.276 e. The van der Waals surface area contributed by atoms with Crippen molar-refractivity contribution in [3.63, 3.8) is 0 Å². The molecule has 0 fully saturated rings. The summed E-state index contributed by atoms with van der Waals surface area (Å²) < 4.78 is 5.59. The Morgan fingerprint density at radius 2 is 2.27 bits per heavy atom. The molecule has 0 saturated carbocycles. The van der Waals surface area contributed by atoms with E-state index >= 15 is 0 Å². The normalized spacial score (nSPS) is 16.0. The zero-order valence-electron chi connectivity index (χ0n) is 14.9. The largest absolute Gasteiger partial charge is 0.496 e. The van der Waals surface area contributed by atoms with Gasteiger partial charge >= 0.3 is 0 Å². The predicted molar refractivity (Wildman–Crippen MR) is 94.8 cm³/mol. The number of fused-ring (bicyclic) bond motifs is 2. The second-order valence-electron chi connectivity index (χ2n) is 6.61. The van der Waals surface area contributed by atoms with Crippen LogP contribution in [0.4, 0.5) is 0 Å². The van der Waals surface area contributed by atoms with E-state index in [-0.39, 0.29) is 37.9 Å². The van der Waals surface area contributed by atoms with Crippen molar-refractivity contribution in [1.82, 2.24) is 10.2 Å². The summed E-state index contributed by atoms with van der Waals surface area (Å²) in [6.07, 6.45) is 2.45. The van der Waals surface area contributed by atoms with E-state index < -0.39 is 6.04 Å². The highest BCUT2D eigenvalue weighted by molar-refractivity contribution is 6.67. The molecule has 1 N–H and O–H groups in total. The van der Waals surface area contributed by atoms with Crippen LogP contribution in [0.5, 0.6) is 5.75 Å². The number of likely N-dealkylation sites (N-methyl/N-ethyl adjacent to an activating group) is 1. The van der Waals surface area contributed by atoms with Crippen LogP contribution < -0.4 is 10.1 Å². The zero-order chi connectivity index (χ0) is 18.8. The van der Waals surface area contributed by atoms with Crippen LogP contribution in [0.15, 0.2) is 6.07 Å². The van der Waals surface area contributed by atoms with Crippen molar-refractivity contribution < 1.29 is 19.1 Å². The van der Waals surface area contributed by atoms with Crippen molar-refractivity contribution in [2.45, 2.75) is 38.1 Å². The molecule has 0 radical (unpaired) electrons. The van der Waals surface area contributed by atoms with Crippen molar-refractivity contribution in [2.24, 2.45) is 0 Å². The van der Waals surface area contributed by atoms with Gasteiger partial charge in [0.15, 0.2) is 0 Å². The molecular weight excluding hydrogens is 333 g/mol. The number of amides is 2. The molecule has 7 nitrogen and oxygen atoms in total. The number of ether oxygens (including phenoxy) is 1. The fourth-order valence-electron chi connectivity index (χ4n) is 3.94. The van der Waals surface area contributed by atoms with E-state index in [0.717, 1.165) is 23.0 Å². The summed E-state index contributed by atoms with van der Waals surface area (Å²) >= 11 is 0. The van der Waals surface area contributed by atoms with Gasteiger partial charge in [-0.15, -0.1) is 0 Å². The van der Waals surface area contributed by atoms with Crippen LogP contribution in [0.3, 0.4) is 0 Å². The summed E-state index contributed by atoms with van der Waals surface area (Å²) in [5, 5.41) is 11.8. The molecule has 26 heavy (non-hydrogen) atoms. The highest BCUT2D eigenvalue weighted by Gasteiger charge is 2.40. The lowest BCUT2D eigenvalue weighted by atomic mass is 9.49. The first-order chi connectivity index (χ1) is 12.5. The molecule has 0 spiro atoms. The molecule has 2 aliphatic heterocycles. The molecule has 1 unspecified atom stereocenters. The van der Waals surface area contributed by atoms with Gasteiger partial charge in [-0.25, -0.2) is 5.26 Å². The molecule has 134 valence electrons. The lowest BCUT2D eigenvalue weighted by Gasteiger charge is -2.25. The summed E-state index contributed by atoms with van der Waals surface area (Å²) in [4.78, 5) is 37.5. The molecular formula is C18H20BN3O4. The first kappa shape index (κ1) is 18.0. The first-order valence-electron chi connectivity index (χ1n) is 8.63. The number of aldehydes is 1. The van der Waals surface area contributed by atoms with Crippen LogP contribution in [0, 0.1) is 11.2 Å². The summed E-state index contributed by atoms with van der Waals surface area (Å²) in [6.45, 7) is 0.164. The van der Waals surface area contributed by atoms with Gasteiger partial charge in [0.2, 0.25) is 5.91 Å². The molecule has 1 aromatic carbocycles. The van der Waals surface area contributed by atoms with E-state index in [1.807, 2.05) is 6.07 Å². The van der Waals surface area contributed by atoms with Gasteiger partial charge in [0, 0.05) is 30.6 Å². The minimum absolute atomic E-state index is 0.0983. The van der Waals surface area contributed by atoms with Crippen molar-refractivity contribution in [3.05, 3.63) is 28.3 Å². The minimum atomic E-state index is -0.698. The zero-order valence-corrected chi connectivity index (χ0v) is 14.9. The summed E-state index contributed by atoms with van der Waals surface area (Å²) in [5.41, 5.74) is 3.23. The third-order valence-electron chi connectivity index (χ3n) is 5.19. The standard InChI is InChI=1S/C18H20BN3O4/c1-21-17(24)15(4-3-5-23)22-9-14-12(18(22)25)6-11-7-19(10-20)8-13(11)16(14)26-2/h5-6,15H,3-4,7-9H2,1-2H3,(H,21,24). The molecule has 8 heteroatoms. The molecule has 2 aliphatic rings. The van der Waals surface area contributed by atoms with Crippen LogP contribution in [0.2, 0.25) is 0 Å². The average molecular weight is 353 g/mol. The van der Waals surface area contributed by atoms with Gasteiger partial charge < -0.3 is 19.7 Å². The summed E-state index contributed by atoms with van der Waals surface area (Å²) in [6, 6.07) is 1.14. The van der Waals surface area contributed by atoms with E-state index in [2.05, 4.69) is 11.3 Å². The Morgan fingerprint density at radius 1 is 1.50 bits per heavy atom. The number of carbonyl (C=O) groups is 3. The Bertz CT molecular complexity index is 818. The molecule has 1 atom stereocenters. The first-order valence-corrected chi connectivity index (χ1v) is 8.63. The van der Waals surface area contributed by atoms with Crippen molar-refractivity contribution in [2.75, 3.05) is 14.2 Å². The Labute approximate surface area is 152 Å². The van der Waals surface area contributed by atoms with Crippen LogP contribution in [0.25, 0.3) is 0 Å². The van der Waals surface area contributed by atoms with Gasteiger partial charge in [-0.2, -0.15) is 0 Å². The predicted octanol–water partition coefficient (Wildman–Crippen LogP) is 0.479. The number of rotatable bonds is 6. The Kier molecular flexibility index (Phi) is 4.98. The lowest BCUT2D eigenvalue weighted by molar-refractivity contribution is -0.125. The van der Waals surface area contributed by atoms with Crippen molar-refractivity contribution >= 4 is 24.8 Å². The van der Waals surface area contributed by atoms with Gasteiger partial charge in [-0.05, 0) is 36.3 Å². The van der Waals surface area contributed by atoms with Gasteiger partial charge in [0.25, 0.3) is 12.6 Å². The highest BCUT2D eigenvalue weighted by atomic mass is 16.5. The monoisotopic (exact) mass is 353 g/mol. The number of hydrogen-bond donors (Lipinski definition) is 1. The summed E-state index contributed by atoms with van der Waals surface area (Å²) in [7, 11) is 3.08. The molecule has 0 saturated heterocycles. The molecule has 2 heterocycles. The molecule has 3 rings (SSSR count). The molecule has 0 aromatic heterocycles. The van der Waals surface area contributed by atoms with Crippen LogP contribution in [-0.2, 0) is 28.8 Å². The third-order valence-corrected chi connectivity index (χ3v) is 5.19. The van der Waals surface area contributed by atoms with Crippen LogP contribution in [0.1, 0.15) is 39.9 Å². The number of nitriles is 1.